The molecule has 0 bridgehead atoms. The molecule has 10 rings (SSSR count). The molecule has 1 aromatic heterocycles. The molecule has 3 nitrogen and oxygen atoms in total. The first-order valence-electron chi connectivity index (χ1n) is 18.9. The SMILES string of the molecule is C1=Cc2ccc(-c3c4cc(N5CCCCC5)ccc4c(-n4c5c(c6ccccc64)CCC=C5)c4cc(N5CCCCC5)ccc34)cc2CC1. The van der Waals surface area contributed by atoms with Crippen molar-refractivity contribution in [1.29, 1.82) is 0 Å². The van der Waals surface area contributed by atoms with Gasteiger partial charge in [0.25, 0.3) is 0 Å². The van der Waals surface area contributed by atoms with Crippen LogP contribution in [0, 0.1) is 0 Å². The van der Waals surface area contributed by atoms with E-state index in [0.717, 1.165) is 51.9 Å². The Bertz CT molecular complexity index is 2310. The average Bonchev–Trinajstić information content (AvgIpc) is 3.51. The Morgan fingerprint density at radius 3 is 2.00 bits per heavy atom. The van der Waals surface area contributed by atoms with E-state index in [1.807, 2.05) is 0 Å². The molecule has 0 radical (unpaired) electrons. The molecule has 0 unspecified atom stereocenters. The van der Waals surface area contributed by atoms with Crippen LogP contribution in [0.25, 0.3) is 61.4 Å². The summed E-state index contributed by atoms with van der Waals surface area (Å²) in [6, 6.07) is 31.3. The van der Waals surface area contributed by atoms with Crippen LogP contribution in [0.4, 0.5) is 11.4 Å². The monoisotopic (exact) mass is 639 g/mol. The van der Waals surface area contributed by atoms with E-state index in [-0.39, 0.29) is 0 Å². The van der Waals surface area contributed by atoms with E-state index in [9.17, 15) is 0 Å². The third kappa shape index (κ3) is 4.84. The zero-order valence-electron chi connectivity index (χ0n) is 28.6. The van der Waals surface area contributed by atoms with E-state index < -0.39 is 0 Å². The minimum Gasteiger partial charge on any atom is -0.372 e. The maximum atomic E-state index is 2.63. The van der Waals surface area contributed by atoms with Gasteiger partial charge < -0.3 is 14.4 Å². The quantitative estimate of drug-likeness (QED) is 0.178. The largest absolute Gasteiger partial charge is 0.372 e. The van der Waals surface area contributed by atoms with Crippen LogP contribution in [0.15, 0.2) is 91.0 Å². The van der Waals surface area contributed by atoms with Crippen LogP contribution in [0.1, 0.15) is 73.8 Å². The van der Waals surface area contributed by atoms with E-state index in [0.29, 0.717) is 0 Å². The molecule has 0 saturated carbocycles. The lowest BCUT2D eigenvalue weighted by Gasteiger charge is -2.31. The first kappa shape index (κ1) is 29.2. The molecule has 2 saturated heterocycles. The molecular weight excluding hydrogens is 595 g/mol. The van der Waals surface area contributed by atoms with Gasteiger partial charge in [-0.15, -0.1) is 0 Å². The number of para-hydroxylation sites is 1. The number of hydrogen-bond acceptors (Lipinski definition) is 2. The Balaban J connectivity index is 1.34. The van der Waals surface area contributed by atoms with Crippen LogP contribution in [0.3, 0.4) is 0 Å². The van der Waals surface area contributed by atoms with Gasteiger partial charge in [-0.2, -0.15) is 0 Å². The second-order valence-electron chi connectivity index (χ2n) is 14.8. The summed E-state index contributed by atoms with van der Waals surface area (Å²) >= 11 is 0. The van der Waals surface area contributed by atoms with Crippen LogP contribution < -0.4 is 9.80 Å². The molecule has 0 atom stereocenters. The van der Waals surface area contributed by atoms with Crippen molar-refractivity contribution in [2.24, 2.45) is 0 Å². The maximum absolute atomic E-state index is 2.63. The topological polar surface area (TPSA) is 11.4 Å². The summed E-state index contributed by atoms with van der Waals surface area (Å²) in [5.41, 5.74) is 13.8. The van der Waals surface area contributed by atoms with Crippen molar-refractivity contribution < 1.29 is 0 Å². The highest BCUT2D eigenvalue weighted by Crippen LogP contribution is 2.47. The van der Waals surface area contributed by atoms with Gasteiger partial charge in [0.2, 0.25) is 0 Å². The van der Waals surface area contributed by atoms with E-state index in [2.05, 4.69) is 118 Å². The minimum atomic E-state index is 1.09. The number of anilines is 2. The van der Waals surface area contributed by atoms with Gasteiger partial charge in [0.1, 0.15) is 0 Å². The molecule has 0 N–H and O–H groups in total. The maximum Gasteiger partial charge on any atom is 0.0620 e. The summed E-state index contributed by atoms with van der Waals surface area (Å²) in [6.07, 6.45) is 21.6. The third-order valence-electron chi connectivity index (χ3n) is 11.9. The van der Waals surface area contributed by atoms with E-state index in [1.165, 1.54) is 122 Å². The number of aromatic nitrogens is 1. The highest BCUT2D eigenvalue weighted by molar-refractivity contribution is 6.20. The number of rotatable bonds is 4. The van der Waals surface area contributed by atoms with Crippen LogP contribution in [0.5, 0.6) is 0 Å². The summed E-state index contributed by atoms with van der Waals surface area (Å²) in [5, 5.41) is 6.83. The molecule has 2 aliphatic heterocycles. The summed E-state index contributed by atoms with van der Waals surface area (Å²) in [6.45, 7) is 4.57. The number of benzene rings is 5. The van der Waals surface area contributed by atoms with Crippen LogP contribution >= 0.6 is 0 Å². The molecule has 244 valence electrons. The number of allylic oxidation sites excluding steroid dienone is 2. The minimum absolute atomic E-state index is 1.09. The Morgan fingerprint density at radius 2 is 1.20 bits per heavy atom. The van der Waals surface area contributed by atoms with Crippen molar-refractivity contribution >= 4 is 56.0 Å². The molecule has 6 aromatic rings. The smallest absolute Gasteiger partial charge is 0.0620 e. The molecule has 0 spiro atoms. The Hall–Kier alpha value is -4.76. The molecular formula is C46H45N3. The fourth-order valence-electron chi connectivity index (χ4n) is 9.45. The summed E-state index contributed by atoms with van der Waals surface area (Å²) in [5.74, 6) is 0. The summed E-state index contributed by atoms with van der Waals surface area (Å²) < 4.78 is 2.63. The normalized spacial score (nSPS) is 17.6. The van der Waals surface area contributed by atoms with E-state index in [1.54, 1.807) is 0 Å². The fourth-order valence-corrected chi connectivity index (χ4v) is 9.45. The van der Waals surface area contributed by atoms with Crippen molar-refractivity contribution in [1.82, 2.24) is 4.57 Å². The standard InChI is InChI=1S/C46H45N3/c1-9-25-47(26-10-1)35-22-24-40-41(30-35)45(34-20-19-32-13-3-4-14-33(32)29-34)39-23-21-36(48-27-11-2-12-28-48)31-42(39)46(40)49-43-17-7-5-15-37(43)38-16-6-8-18-44(38)49/h3,5,7-8,13,15,17-24,29-31H,1-2,4,6,9-12,14,16,25-28H2. The lowest BCUT2D eigenvalue weighted by atomic mass is 9.87. The second-order valence-corrected chi connectivity index (χ2v) is 14.8. The average molecular weight is 640 g/mol. The van der Waals surface area contributed by atoms with Crippen molar-refractivity contribution in [3.8, 4) is 16.8 Å². The first-order chi connectivity index (χ1) is 24.3. The number of fused-ring (bicyclic) bond motifs is 6. The summed E-state index contributed by atoms with van der Waals surface area (Å²) in [7, 11) is 0. The van der Waals surface area contributed by atoms with Gasteiger partial charge in [0, 0.05) is 59.4 Å². The molecule has 2 fully saturated rings. The van der Waals surface area contributed by atoms with Crippen molar-refractivity contribution in [2.45, 2.75) is 64.2 Å². The van der Waals surface area contributed by atoms with Gasteiger partial charge in [0.05, 0.1) is 11.2 Å². The van der Waals surface area contributed by atoms with Crippen molar-refractivity contribution in [3.63, 3.8) is 0 Å². The lowest BCUT2D eigenvalue weighted by Crippen LogP contribution is -2.29. The molecule has 3 heterocycles. The molecule has 0 amide bonds. The van der Waals surface area contributed by atoms with Gasteiger partial charge in [-0.3, -0.25) is 0 Å². The molecule has 4 aliphatic rings. The molecule has 49 heavy (non-hydrogen) atoms. The van der Waals surface area contributed by atoms with Gasteiger partial charge in [-0.25, -0.2) is 0 Å². The second kappa shape index (κ2) is 12.0. The summed E-state index contributed by atoms with van der Waals surface area (Å²) in [4.78, 5) is 5.26. The molecule has 3 heteroatoms. The van der Waals surface area contributed by atoms with Gasteiger partial charge in [-0.05, 0) is 139 Å². The van der Waals surface area contributed by atoms with Crippen LogP contribution in [-0.2, 0) is 12.8 Å². The van der Waals surface area contributed by atoms with Crippen LogP contribution in [0.2, 0.25) is 0 Å². The van der Waals surface area contributed by atoms with E-state index in [4.69, 9.17) is 0 Å². The Morgan fingerprint density at radius 1 is 0.510 bits per heavy atom. The van der Waals surface area contributed by atoms with Gasteiger partial charge >= 0.3 is 0 Å². The zero-order valence-corrected chi connectivity index (χ0v) is 28.6. The van der Waals surface area contributed by atoms with Crippen molar-refractivity contribution in [2.75, 3.05) is 36.0 Å². The van der Waals surface area contributed by atoms with Crippen molar-refractivity contribution in [3.05, 3.63) is 113 Å². The van der Waals surface area contributed by atoms with Crippen LogP contribution in [-0.4, -0.2) is 30.7 Å². The Kier molecular flexibility index (Phi) is 7.14. The van der Waals surface area contributed by atoms with Gasteiger partial charge in [-0.1, -0.05) is 66.8 Å². The Labute approximate surface area is 290 Å². The number of piperidine rings is 2. The highest BCUT2D eigenvalue weighted by Gasteiger charge is 2.25. The number of hydrogen-bond donors (Lipinski definition) is 0. The van der Waals surface area contributed by atoms with Gasteiger partial charge in [0.15, 0.2) is 0 Å². The third-order valence-corrected chi connectivity index (χ3v) is 11.9. The number of aryl methyl sites for hydroxylation is 2. The predicted octanol–water partition coefficient (Wildman–Crippen LogP) is 11.5. The lowest BCUT2D eigenvalue weighted by molar-refractivity contribution is 0.578. The fraction of sp³-hybridized carbons (Fsp3) is 0.304. The highest BCUT2D eigenvalue weighted by atomic mass is 15.1. The molecule has 2 aliphatic carbocycles. The molecule has 5 aromatic carbocycles. The first-order valence-corrected chi connectivity index (χ1v) is 18.9. The predicted molar refractivity (Wildman–Crippen MR) is 211 cm³/mol. The zero-order chi connectivity index (χ0) is 32.3. The van der Waals surface area contributed by atoms with E-state index >= 15 is 0 Å². The number of nitrogens with zero attached hydrogens (tertiary/aromatic N) is 3.